The number of anilines is 1. The van der Waals surface area contributed by atoms with E-state index in [2.05, 4.69) is 10.6 Å². The van der Waals surface area contributed by atoms with Gasteiger partial charge in [-0.15, -0.1) is 0 Å². The molecule has 2 N–H and O–H groups in total. The van der Waals surface area contributed by atoms with Gasteiger partial charge < -0.3 is 19.8 Å². The van der Waals surface area contributed by atoms with E-state index in [9.17, 15) is 14.4 Å². The SMILES string of the molecule is CNC(=O)c1ccc(NC(=O)COC(=O)CCc2ccc(-c3ccccc3)o2)cc1. The van der Waals surface area contributed by atoms with E-state index in [1.54, 1.807) is 31.3 Å². The molecule has 0 radical (unpaired) electrons. The molecule has 0 saturated carbocycles. The van der Waals surface area contributed by atoms with Crippen molar-refractivity contribution >= 4 is 23.5 Å². The van der Waals surface area contributed by atoms with Crippen molar-refractivity contribution in [1.29, 1.82) is 0 Å². The van der Waals surface area contributed by atoms with E-state index in [-0.39, 0.29) is 18.9 Å². The zero-order valence-corrected chi connectivity index (χ0v) is 16.5. The third kappa shape index (κ3) is 5.81. The molecular weight excluding hydrogens is 384 g/mol. The van der Waals surface area contributed by atoms with Crippen LogP contribution in [0.4, 0.5) is 5.69 Å². The van der Waals surface area contributed by atoms with E-state index >= 15 is 0 Å². The molecule has 3 aromatic rings. The van der Waals surface area contributed by atoms with Gasteiger partial charge in [-0.2, -0.15) is 0 Å². The number of ether oxygens (including phenoxy) is 1. The summed E-state index contributed by atoms with van der Waals surface area (Å²) in [6.07, 6.45) is 0.490. The summed E-state index contributed by atoms with van der Waals surface area (Å²) in [6.45, 7) is -0.385. The number of carbonyl (C=O) groups excluding carboxylic acids is 3. The monoisotopic (exact) mass is 406 g/mol. The molecule has 1 heterocycles. The zero-order valence-electron chi connectivity index (χ0n) is 16.5. The fraction of sp³-hybridized carbons (Fsp3) is 0.174. The van der Waals surface area contributed by atoms with Crippen LogP contribution in [-0.2, 0) is 20.7 Å². The quantitative estimate of drug-likeness (QED) is 0.559. The lowest BCUT2D eigenvalue weighted by atomic mass is 10.2. The van der Waals surface area contributed by atoms with Crippen molar-refractivity contribution in [1.82, 2.24) is 5.32 Å². The van der Waals surface area contributed by atoms with Crippen molar-refractivity contribution in [3.05, 3.63) is 78.1 Å². The Bertz CT molecular complexity index is 1010. The molecule has 3 rings (SSSR count). The van der Waals surface area contributed by atoms with Gasteiger partial charge in [-0.25, -0.2) is 0 Å². The van der Waals surface area contributed by atoms with E-state index < -0.39 is 11.9 Å². The highest BCUT2D eigenvalue weighted by Crippen LogP contribution is 2.22. The summed E-state index contributed by atoms with van der Waals surface area (Å²) in [7, 11) is 1.54. The maximum absolute atomic E-state index is 11.9. The molecule has 0 aliphatic rings. The van der Waals surface area contributed by atoms with Crippen LogP contribution in [0.3, 0.4) is 0 Å². The smallest absolute Gasteiger partial charge is 0.306 e. The van der Waals surface area contributed by atoms with Crippen LogP contribution in [0, 0.1) is 0 Å². The fourth-order valence-electron chi connectivity index (χ4n) is 2.76. The van der Waals surface area contributed by atoms with Gasteiger partial charge in [0.15, 0.2) is 6.61 Å². The molecule has 7 nitrogen and oxygen atoms in total. The van der Waals surface area contributed by atoms with Crippen molar-refractivity contribution in [2.75, 3.05) is 19.0 Å². The van der Waals surface area contributed by atoms with Gasteiger partial charge in [-0.05, 0) is 36.4 Å². The lowest BCUT2D eigenvalue weighted by Gasteiger charge is -2.07. The number of nitrogens with one attached hydrogen (secondary N) is 2. The minimum Gasteiger partial charge on any atom is -0.461 e. The third-order valence-corrected chi connectivity index (χ3v) is 4.32. The molecule has 0 fully saturated rings. The number of benzene rings is 2. The highest BCUT2D eigenvalue weighted by atomic mass is 16.5. The van der Waals surface area contributed by atoms with Crippen LogP contribution in [0.25, 0.3) is 11.3 Å². The molecule has 0 bridgehead atoms. The van der Waals surface area contributed by atoms with Crippen LogP contribution in [0.1, 0.15) is 22.5 Å². The molecule has 0 spiro atoms. The van der Waals surface area contributed by atoms with Crippen LogP contribution in [-0.4, -0.2) is 31.4 Å². The molecule has 7 heteroatoms. The predicted molar refractivity (Wildman–Crippen MR) is 112 cm³/mol. The van der Waals surface area contributed by atoms with Crippen molar-refractivity contribution in [2.24, 2.45) is 0 Å². The van der Waals surface area contributed by atoms with Crippen LogP contribution in [0.2, 0.25) is 0 Å². The number of aryl methyl sites for hydroxylation is 1. The van der Waals surface area contributed by atoms with Gasteiger partial charge >= 0.3 is 5.97 Å². The van der Waals surface area contributed by atoms with E-state index in [1.807, 2.05) is 42.5 Å². The molecule has 1 aromatic heterocycles. The predicted octanol–water partition coefficient (Wildman–Crippen LogP) is 3.42. The molecule has 2 aromatic carbocycles. The Labute approximate surface area is 174 Å². The van der Waals surface area contributed by atoms with Gasteiger partial charge in [-0.3, -0.25) is 14.4 Å². The Balaban J connectivity index is 1.41. The van der Waals surface area contributed by atoms with Crippen molar-refractivity contribution < 1.29 is 23.5 Å². The number of hydrogen-bond donors (Lipinski definition) is 2. The van der Waals surface area contributed by atoms with Gasteiger partial charge in [0.05, 0.1) is 6.42 Å². The summed E-state index contributed by atoms with van der Waals surface area (Å²) in [5.74, 6) is 0.250. The van der Waals surface area contributed by atoms with Crippen molar-refractivity contribution in [3.8, 4) is 11.3 Å². The van der Waals surface area contributed by atoms with E-state index in [4.69, 9.17) is 9.15 Å². The summed E-state index contributed by atoms with van der Waals surface area (Å²) in [5.41, 5.74) is 1.95. The number of carbonyl (C=O) groups is 3. The van der Waals surface area contributed by atoms with E-state index in [0.29, 0.717) is 23.4 Å². The summed E-state index contributed by atoms with van der Waals surface area (Å²) < 4.78 is 10.8. The van der Waals surface area contributed by atoms with Gasteiger partial charge in [0, 0.05) is 30.3 Å². The van der Waals surface area contributed by atoms with Crippen LogP contribution in [0.15, 0.2) is 71.1 Å². The topological polar surface area (TPSA) is 97.6 Å². The number of furan rings is 1. The summed E-state index contributed by atoms with van der Waals surface area (Å²) in [6, 6.07) is 19.7. The largest absolute Gasteiger partial charge is 0.461 e. The Kier molecular flexibility index (Phi) is 7.00. The average Bonchev–Trinajstić information content (AvgIpc) is 3.26. The van der Waals surface area contributed by atoms with Gasteiger partial charge in [0.2, 0.25) is 0 Å². The molecular formula is C23H22N2O5. The summed E-state index contributed by atoms with van der Waals surface area (Å²) in [5, 5.41) is 5.13. The Morgan fingerprint density at radius 1 is 0.933 bits per heavy atom. The fourth-order valence-corrected chi connectivity index (χ4v) is 2.76. The highest BCUT2D eigenvalue weighted by Gasteiger charge is 2.11. The molecule has 30 heavy (non-hydrogen) atoms. The highest BCUT2D eigenvalue weighted by molar-refractivity contribution is 5.96. The van der Waals surface area contributed by atoms with Gasteiger partial charge in [0.1, 0.15) is 11.5 Å². The molecule has 2 amide bonds. The van der Waals surface area contributed by atoms with Gasteiger partial charge in [-0.1, -0.05) is 30.3 Å². The Morgan fingerprint density at radius 3 is 2.37 bits per heavy atom. The number of amides is 2. The van der Waals surface area contributed by atoms with Gasteiger partial charge in [0.25, 0.3) is 11.8 Å². The maximum Gasteiger partial charge on any atom is 0.306 e. The summed E-state index contributed by atoms with van der Waals surface area (Å²) in [4.78, 5) is 35.4. The minimum atomic E-state index is -0.488. The minimum absolute atomic E-state index is 0.107. The third-order valence-electron chi connectivity index (χ3n) is 4.32. The first kappa shape index (κ1) is 20.9. The normalized spacial score (nSPS) is 10.3. The Hall–Kier alpha value is -3.87. The Morgan fingerprint density at radius 2 is 1.67 bits per heavy atom. The number of esters is 1. The zero-order chi connectivity index (χ0) is 21.3. The van der Waals surface area contributed by atoms with Crippen molar-refractivity contribution in [2.45, 2.75) is 12.8 Å². The van der Waals surface area contributed by atoms with Crippen LogP contribution >= 0.6 is 0 Å². The second kappa shape index (κ2) is 10.1. The second-order valence-corrected chi connectivity index (χ2v) is 6.50. The lowest BCUT2D eigenvalue weighted by molar-refractivity contribution is -0.147. The second-order valence-electron chi connectivity index (χ2n) is 6.50. The molecule has 0 aliphatic carbocycles. The molecule has 154 valence electrons. The molecule has 0 unspecified atom stereocenters. The van der Waals surface area contributed by atoms with Crippen LogP contribution in [0.5, 0.6) is 0 Å². The lowest BCUT2D eigenvalue weighted by Crippen LogP contribution is -2.21. The van der Waals surface area contributed by atoms with Crippen molar-refractivity contribution in [3.63, 3.8) is 0 Å². The molecule has 0 atom stereocenters. The van der Waals surface area contributed by atoms with E-state index in [0.717, 1.165) is 11.3 Å². The molecule has 0 aliphatic heterocycles. The van der Waals surface area contributed by atoms with E-state index in [1.165, 1.54) is 0 Å². The number of hydrogen-bond acceptors (Lipinski definition) is 5. The maximum atomic E-state index is 11.9. The first-order valence-corrected chi connectivity index (χ1v) is 9.47. The first-order chi connectivity index (χ1) is 14.5. The summed E-state index contributed by atoms with van der Waals surface area (Å²) >= 11 is 0. The standard InChI is InChI=1S/C23H22N2O5/c1-24-23(28)17-7-9-18(10-8-17)25-21(26)15-29-22(27)14-12-19-11-13-20(30-19)16-5-3-2-4-6-16/h2-11,13H,12,14-15H2,1H3,(H,24,28)(H,25,26). The van der Waals surface area contributed by atoms with Crippen LogP contribution < -0.4 is 10.6 Å². The number of rotatable bonds is 8. The molecule has 0 saturated heterocycles. The first-order valence-electron chi connectivity index (χ1n) is 9.47. The average molecular weight is 406 g/mol.